The average Bonchev–Trinajstić information content (AvgIpc) is 2.13. The molecule has 0 radical (unpaired) electrons. The minimum atomic E-state index is -3.16. The second-order valence-corrected chi connectivity index (χ2v) is 4.96. The van der Waals surface area contributed by atoms with E-state index in [9.17, 15) is 20.1 Å². The third-order valence-electron chi connectivity index (χ3n) is 2.40. The van der Waals surface area contributed by atoms with Gasteiger partial charge in [-0.1, -0.05) is 26.8 Å². The number of carboxylic acid groups (broad SMARTS) is 1. The molecule has 6 nitrogen and oxygen atoms in total. The second-order valence-electron chi connectivity index (χ2n) is 4.96. The zero-order chi connectivity index (χ0) is 14.1. The van der Waals surface area contributed by atoms with Crippen molar-refractivity contribution in [3.63, 3.8) is 0 Å². The third-order valence-corrected chi connectivity index (χ3v) is 2.40. The summed E-state index contributed by atoms with van der Waals surface area (Å²) in [7, 11) is 0. The summed E-state index contributed by atoms with van der Waals surface area (Å²) in [5.74, 6) is -3.49. The lowest BCUT2D eigenvalue weighted by atomic mass is 9.86. The lowest BCUT2D eigenvalue weighted by Gasteiger charge is -2.23. The van der Waals surface area contributed by atoms with Crippen LogP contribution in [-0.4, -0.2) is 26.6 Å². The van der Waals surface area contributed by atoms with Crippen LogP contribution in [0.3, 0.4) is 0 Å². The van der Waals surface area contributed by atoms with E-state index in [1.54, 1.807) is 6.07 Å². The first-order valence-corrected chi connectivity index (χ1v) is 5.24. The predicted octanol–water partition coefficient (Wildman–Crippen LogP) is 1.13. The Labute approximate surface area is 104 Å². The Balaban J connectivity index is 3.34. The van der Waals surface area contributed by atoms with Crippen molar-refractivity contribution in [2.45, 2.75) is 32.2 Å². The highest BCUT2D eigenvalue weighted by atomic mass is 16.7. The van der Waals surface area contributed by atoms with Crippen molar-refractivity contribution < 1.29 is 30.0 Å². The number of carbonyl (C=O) groups is 1. The fraction of sp³-hybridized carbons (Fsp3) is 0.417. The van der Waals surface area contributed by atoms with Crippen molar-refractivity contribution >= 4 is 6.16 Å². The van der Waals surface area contributed by atoms with Gasteiger partial charge in [-0.3, -0.25) is 0 Å². The predicted molar refractivity (Wildman–Crippen MR) is 62.1 cm³/mol. The number of aliphatic hydroxyl groups is 3. The smallest absolute Gasteiger partial charge is 0.449 e. The van der Waals surface area contributed by atoms with Gasteiger partial charge in [-0.25, -0.2) is 4.79 Å². The van der Waals surface area contributed by atoms with Crippen molar-refractivity contribution in [1.29, 1.82) is 0 Å². The van der Waals surface area contributed by atoms with E-state index in [0.29, 0.717) is 5.56 Å². The van der Waals surface area contributed by atoms with Gasteiger partial charge < -0.3 is 25.2 Å². The molecule has 1 rings (SSSR count). The van der Waals surface area contributed by atoms with Gasteiger partial charge in [0.15, 0.2) is 0 Å². The molecule has 0 aliphatic carbocycles. The van der Waals surface area contributed by atoms with Gasteiger partial charge in [-0.2, -0.15) is 0 Å². The number of benzene rings is 1. The van der Waals surface area contributed by atoms with E-state index in [-0.39, 0.29) is 11.2 Å². The highest BCUT2D eigenvalue weighted by Gasteiger charge is 2.29. The fourth-order valence-corrected chi connectivity index (χ4v) is 1.44. The Morgan fingerprint density at radius 3 is 2.11 bits per heavy atom. The molecule has 18 heavy (non-hydrogen) atoms. The molecule has 6 heteroatoms. The summed E-state index contributed by atoms with van der Waals surface area (Å²) < 4.78 is 4.38. The topological polar surface area (TPSA) is 107 Å². The van der Waals surface area contributed by atoms with Crippen molar-refractivity contribution in [3.8, 4) is 5.75 Å². The summed E-state index contributed by atoms with van der Waals surface area (Å²) in [4.78, 5) is 10.5. The minimum Gasteiger partial charge on any atom is -0.449 e. The molecule has 100 valence electrons. The van der Waals surface area contributed by atoms with E-state index < -0.39 is 17.7 Å². The Hall–Kier alpha value is -1.63. The Morgan fingerprint density at radius 2 is 1.72 bits per heavy atom. The Bertz CT molecular complexity index is 453. The maximum absolute atomic E-state index is 10.5. The van der Waals surface area contributed by atoms with E-state index in [0.717, 1.165) is 0 Å². The van der Waals surface area contributed by atoms with Gasteiger partial charge in [0.1, 0.15) is 5.75 Å². The SMILES string of the molecule is CC(C)(C)c1ccc(OC(=O)O)c(C(O)(O)O)c1. The number of rotatable bonds is 2. The van der Waals surface area contributed by atoms with Crippen LogP contribution in [0.1, 0.15) is 31.9 Å². The molecule has 0 bridgehead atoms. The normalized spacial score (nSPS) is 12.3. The van der Waals surface area contributed by atoms with Crippen LogP contribution >= 0.6 is 0 Å². The van der Waals surface area contributed by atoms with E-state index in [2.05, 4.69) is 4.74 Å². The molecule has 1 aromatic rings. The van der Waals surface area contributed by atoms with Crippen LogP contribution in [0.15, 0.2) is 18.2 Å². The van der Waals surface area contributed by atoms with E-state index in [1.807, 2.05) is 20.8 Å². The third kappa shape index (κ3) is 3.43. The average molecular weight is 256 g/mol. The molecule has 1 aromatic carbocycles. The highest BCUT2D eigenvalue weighted by Crippen LogP contribution is 2.32. The molecule has 0 aliphatic heterocycles. The molecule has 0 heterocycles. The van der Waals surface area contributed by atoms with Crippen LogP contribution in [0.5, 0.6) is 5.75 Å². The van der Waals surface area contributed by atoms with Gasteiger partial charge in [0, 0.05) is 0 Å². The standard InChI is InChI=1S/C12H16O6/c1-11(2,3)7-4-5-9(18-10(13)14)8(6-7)12(15,16)17/h4-6,15-17H,1-3H3,(H,13,14). The molecular formula is C12H16O6. The maximum atomic E-state index is 10.5. The maximum Gasteiger partial charge on any atom is 0.511 e. The number of ether oxygens (including phenoxy) is 1. The molecule has 0 spiro atoms. The van der Waals surface area contributed by atoms with E-state index in [1.165, 1.54) is 12.1 Å². The largest absolute Gasteiger partial charge is 0.511 e. The monoisotopic (exact) mass is 256 g/mol. The van der Waals surface area contributed by atoms with Gasteiger partial charge >= 0.3 is 12.1 Å². The quantitative estimate of drug-likeness (QED) is 0.359. The highest BCUT2D eigenvalue weighted by molar-refractivity contribution is 5.62. The van der Waals surface area contributed by atoms with Crippen LogP contribution in [0.2, 0.25) is 0 Å². The minimum absolute atomic E-state index is 0.304. The molecule has 0 unspecified atom stereocenters. The second kappa shape index (κ2) is 4.56. The zero-order valence-electron chi connectivity index (χ0n) is 10.3. The van der Waals surface area contributed by atoms with Crippen LogP contribution in [-0.2, 0) is 11.4 Å². The summed E-state index contributed by atoms with van der Waals surface area (Å²) >= 11 is 0. The van der Waals surface area contributed by atoms with Crippen molar-refractivity contribution in [3.05, 3.63) is 29.3 Å². The van der Waals surface area contributed by atoms with Crippen molar-refractivity contribution in [2.75, 3.05) is 0 Å². The molecule has 0 fully saturated rings. The first-order valence-electron chi connectivity index (χ1n) is 5.24. The van der Waals surface area contributed by atoms with Gasteiger partial charge in [0.2, 0.25) is 0 Å². The van der Waals surface area contributed by atoms with Crippen molar-refractivity contribution in [1.82, 2.24) is 0 Å². The molecule has 0 saturated heterocycles. The summed E-state index contributed by atoms with van der Waals surface area (Å²) in [5.41, 5.74) is -0.0315. The van der Waals surface area contributed by atoms with Crippen LogP contribution in [0.25, 0.3) is 0 Å². The zero-order valence-corrected chi connectivity index (χ0v) is 10.3. The van der Waals surface area contributed by atoms with Gasteiger partial charge in [-0.05, 0) is 23.1 Å². The molecule has 0 aliphatic rings. The molecule has 0 atom stereocenters. The molecule has 0 saturated carbocycles. The van der Waals surface area contributed by atoms with E-state index in [4.69, 9.17) is 5.11 Å². The van der Waals surface area contributed by atoms with Gasteiger partial charge in [0.25, 0.3) is 0 Å². The first-order chi connectivity index (χ1) is 8.01. The molecular weight excluding hydrogens is 240 g/mol. The van der Waals surface area contributed by atoms with Crippen molar-refractivity contribution in [2.24, 2.45) is 0 Å². The van der Waals surface area contributed by atoms with Crippen LogP contribution < -0.4 is 4.74 Å². The molecule has 4 N–H and O–H groups in total. The Morgan fingerprint density at radius 1 is 1.17 bits per heavy atom. The van der Waals surface area contributed by atoms with E-state index >= 15 is 0 Å². The summed E-state index contributed by atoms with van der Waals surface area (Å²) in [6, 6.07) is 4.15. The van der Waals surface area contributed by atoms with Crippen LogP contribution in [0, 0.1) is 0 Å². The fourth-order valence-electron chi connectivity index (χ4n) is 1.44. The summed E-state index contributed by atoms with van der Waals surface area (Å²) in [6.45, 7) is 5.66. The Kier molecular flexibility index (Phi) is 3.66. The lowest BCUT2D eigenvalue weighted by Crippen LogP contribution is -2.26. The van der Waals surface area contributed by atoms with Gasteiger partial charge in [-0.15, -0.1) is 0 Å². The summed E-state index contributed by atoms with van der Waals surface area (Å²) in [6.07, 6.45) is -1.61. The molecule has 0 amide bonds. The number of hydrogen-bond acceptors (Lipinski definition) is 5. The lowest BCUT2D eigenvalue weighted by molar-refractivity contribution is -0.324. The summed E-state index contributed by atoms with van der Waals surface area (Å²) in [5, 5.41) is 36.2. The van der Waals surface area contributed by atoms with Gasteiger partial charge in [0.05, 0.1) is 5.56 Å². The van der Waals surface area contributed by atoms with Crippen LogP contribution in [0.4, 0.5) is 4.79 Å². The first kappa shape index (κ1) is 14.4. The molecule has 0 aromatic heterocycles. The number of hydrogen-bond donors (Lipinski definition) is 4.